The molecule has 2 heterocycles. The molecule has 1 amide bonds. The lowest BCUT2D eigenvalue weighted by Crippen LogP contribution is -2.34. The fraction of sp³-hybridized carbons (Fsp3) is 0.265. The van der Waals surface area contributed by atoms with Crippen molar-refractivity contribution in [2.24, 2.45) is 4.99 Å². The number of carbonyl (C=O) groups is 1. The fourth-order valence-electron chi connectivity index (χ4n) is 4.76. The summed E-state index contributed by atoms with van der Waals surface area (Å²) < 4.78 is 42.7. The second-order valence-electron chi connectivity index (χ2n) is 11.1. The summed E-state index contributed by atoms with van der Waals surface area (Å²) in [7, 11) is 0. The summed E-state index contributed by atoms with van der Waals surface area (Å²) in [6.45, 7) is 8.15. The van der Waals surface area contributed by atoms with E-state index in [1.165, 1.54) is 47.0 Å². The second kappa shape index (κ2) is 14.4. The molecule has 1 N–H and O–H groups in total. The number of thioether (sulfide) groups is 1. The lowest BCUT2D eigenvalue weighted by Gasteiger charge is -2.22. The maximum Gasteiger partial charge on any atom is 0.573 e. The molecule has 1 aromatic heterocycles. The van der Waals surface area contributed by atoms with Crippen molar-refractivity contribution in [3.05, 3.63) is 89.7 Å². The number of alkyl halides is 3. The normalized spacial score (nSPS) is 14.7. The van der Waals surface area contributed by atoms with Gasteiger partial charge in [-0.25, -0.2) is 9.67 Å². The molecular weight excluding hydrogens is 646 g/mol. The number of rotatable bonds is 7. The molecule has 3 aromatic carbocycles. The Morgan fingerprint density at radius 2 is 1.89 bits per heavy atom. The number of carbonyl (C=O) groups excluding carboxylic acids is 1. The average molecular weight is 677 g/mol. The number of amides is 1. The molecule has 1 aliphatic heterocycles. The lowest BCUT2D eigenvalue weighted by molar-refractivity contribution is -0.274. The first kappa shape index (κ1) is 33.7. The minimum atomic E-state index is -4.76. The number of hydrogen-bond acceptors (Lipinski definition) is 6. The van der Waals surface area contributed by atoms with Crippen LogP contribution in [-0.4, -0.2) is 49.1 Å². The zero-order valence-corrected chi connectivity index (χ0v) is 27.6. The van der Waals surface area contributed by atoms with Gasteiger partial charge in [0.25, 0.3) is 0 Å². The van der Waals surface area contributed by atoms with Gasteiger partial charge in [0.05, 0.1) is 17.1 Å². The predicted molar refractivity (Wildman–Crippen MR) is 183 cm³/mol. The van der Waals surface area contributed by atoms with Crippen molar-refractivity contribution in [3.63, 3.8) is 0 Å². The van der Waals surface area contributed by atoms with Gasteiger partial charge < -0.3 is 10.1 Å². The number of aryl methyl sites for hydroxylation is 1. The van der Waals surface area contributed by atoms with Gasteiger partial charge in [-0.05, 0) is 85.6 Å². The van der Waals surface area contributed by atoms with Crippen molar-refractivity contribution >= 4 is 45.9 Å². The first-order chi connectivity index (χ1) is 22.4. The Hall–Kier alpha value is -4.67. The maximum atomic E-state index is 12.9. The van der Waals surface area contributed by atoms with E-state index in [-0.39, 0.29) is 28.7 Å². The smallest absolute Gasteiger partial charge is 0.406 e. The topological polar surface area (TPSA) is 84.6 Å². The summed E-state index contributed by atoms with van der Waals surface area (Å²) in [5.41, 5.74) is 5.00. The van der Waals surface area contributed by atoms with Gasteiger partial charge in [-0.1, -0.05) is 61.7 Å². The van der Waals surface area contributed by atoms with Crippen molar-refractivity contribution in [3.8, 4) is 34.7 Å². The van der Waals surface area contributed by atoms with Crippen molar-refractivity contribution < 1.29 is 22.7 Å². The first-order valence-electron chi connectivity index (χ1n) is 14.7. The standard InChI is InChI=1S/C34H31F3N6O2S2/c1-21(2)28-16-11-22(3)17-29(28)43-30(44)19-47-33(43)40-32(46)39-23(4)7-5-8-24-9-6-10-25(18-24)31-38-20-42(41-31)26-12-14-27(15-13-26)45-34(35,36)37/h6,9-18,20-21,23H,7,19H2,1-4H3,(H,39,46). The van der Waals surface area contributed by atoms with Crippen LogP contribution in [0, 0.1) is 18.8 Å². The average Bonchev–Trinajstić information content (AvgIpc) is 3.64. The number of halogens is 3. The number of benzene rings is 3. The zero-order chi connectivity index (χ0) is 33.7. The van der Waals surface area contributed by atoms with E-state index in [2.05, 4.69) is 56.9 Å². The summed E-state index contributed by atoms with van der Waals surface area (Å²) in [5, 5.41) is 8.50. The minimum Gasteiger partial charge on any atom is -0.406 e. The summed E-state index contributed by atoms with van der Waals surface area (Å²) in [4.78, 5) is 23.5. The van der Waals surface area contributed by atoms with Crippen molar-refractivity contribution in [1.82, 2.24) is 20.1 Å². The minimum absolute atomic E-state index is 0.0271. The largest absolute Gasteiger partial charge is 0.573 e. The Bertz CT molecular complexity index is 1880. The molecule has 1 unspecified atom stereocenters. The van der Waals surface area contributed by atoms with E-state index in [1.807, 2.05) is 50.2 Å². The van der Waals surface area contributed by atoms with Crippen LogP contribution in [0.4, 0.5) is 18.9 Å². The van der Waals surface area contributed by atoms with E-state index in [9.17, 15) is 18.0 Å². The van der Waals surface area contributed by atoms with Crippen LogP contribution in [0.15, 0.2) is 78.0 Å². The highest BCUT2D eigenvalue weighted by molar-refractivity contribution is 8.15. The molecule has 0 bridgehead atoms. The van der Waals surface area contributed by atoms with Crippen LogP contribution in [0.2, 0.25) is 0 Å². The summed E-state index contributed by atoms with van der Waals surface area (Å²) in [6.07, 6.45) is -2.79. The van der Waals surface area contributed by atoms with E-state index in [4.69, 9.17) is 12.2 Å². The summed E-state index contributed by atoms with van der Waals surface area (Å²) in [6, 6.07) is 18.8. The number of aliphatic imine (C=N–C) groups is 1. The van der Waals surface area contributed by atoms with Crippen molar-refractivity contribution in [2.75, 3.05) is 10.7 Å². The number of aromatic nitrogens is 3. The highest BCUT2D eigenvalue weighted by atomic mass is 32.2. The van der Waals surface area contributed by atoms with Crippen molar-refractivity contribution in [1.29, 1.82) is 0 Å². The van der Waals surface area contributed by atoms with Gasteiger partial charge >= 0.3 is 6.36 Å². The molecule has 1 aliphatic rings. The second-order valence-corrected chi connectivity index (χ2v) is 12.5. The Morgan fingerprint density at radius 1 is 1.13 bits per heavy atom. The van der Waals surface area contributed by atoms with Crippen LogP contribution in [0.1, 0.15) is 49.8 Å². The predicted octanol–water partition coefficient (Wildman–Crippen LogP) is 7.41. The van der Waals surface area contributed by atoms with E-state index in [0.717, 1.165) is 27.9 Å². The molecule has 242 valence electrons. The number of anilines is 1. The number of ether oxygens (including phenoxy) is 1. The molecule has 1 atom stereocenters. The highest BCUT2D eigenvalue weighted by Gasteiger charge is 2.32. The number of nitrogens with zero attached hydrogens (tertiary/aromatic N) is 5. The fourth-order valence-corrected chi connectivity index (χ4v) is 5.97. The van der Waals surface area contributed by atoms with E-state index >= 15 is 0 Å². The number of amidine groups is 1. The van der Waals surface area contributed by atoms with Crippen LogP contribution >= 0.6 is 24.0 Å². The first-order valence-corrected chi connectivity index (χ1v) is 16.1. The van der Waals surface area contributed by atoms with Crippen LogP contribution in [-0.2, 0) is 4.79 Å². The highest BCUT2D eigenvalue weighted by Crippen LogP contribution is 2.34. The van der Waals surface area contributed by atoms with Gasteiger partial charge in [-0.15, -0.1) is 18.3 Å². The molecular formula is C34H31F3N6O2S2. The van der Waals surface area contributed by atoms with Crippen LogP contribution in [0.25, 0.3) is 17.1 Å². The quantitative estimate of drug-likeness (QED) is 0.161. The molecule has 47 heavy (non-hydrogen) atoms. The third-order valence-corrected chi connectivity index (χ3v) is 8.10. The zero-order valence-electron chi connectivity index (χ0n) is 26.0. The molecule has 0 aliphatic carbocycles. The molecule has 0 spiro atoms. The van der Waals surface area contributed by atoms with Gasteiger partial charge in [0, 0.05) is 23.6 Å². The Labute approximate surface area is 280 Å². The maximum absolute atomic E-state index is 12.9. The summed E-state index contributed by atoms with van der Waals surface area (Å²) in [5.74, 6) is 6.96. The molecule has 5 rings (SSSR count). The molecule has 8 nitrogen and oxygen atoms in total. The van der Waals surface area contributed by atoms with Gasteiger partial charge in [-0.3, -0.25) is 9.69 Å². The molecule has 1 saturated heterocycles. The number of nitrogens with one attached hydrogen (secondary N) is 1. The van der Waals surface area contributed by atoms with E-state index < -0.39 is 6.36 Å². The van der Waals surface area contributed by atoms with Gasteiger partial charge in [0.2, 0.25) is 5.91 Å². The molecule has 0 saturated carbocycles. The molecule has 1 fully saturated rings. The van der Waals surface area contributed by atoms with Crippen LogP contribution in [0.3, 0.4) is 0 Å². The SMILES string of the molecule is Cc1ccc(C(C)C)c(N2C(=O)CSC2=NC(=S)NC(C)CC#Cc2cccc(-c3ncn(-c4ccc(OC(F)(F)F)cc4)n3)c2)c1. The number of hydrogen-bond donors (Lipinski definition) is 1. The van der Waals surface area contributed by atoms with Gasteiger partial charge in [0.15, 0.2) is 16.1 Å². The Balaban J connectivity index is 1.21. The van der Waals surface area contributed by atoms with Gasteiger partial charge in [-0.2, -0.15) is 4.99 Å². The number of thiocarbonyl (C=S) groups is 1. The van der Waals surface area contributed by atoms with Crippen molar-refractivity contribution in [2.45, 2.75) is 52.4 Å². The van der Waals surface area contributed by atoms with Crippen LogP contribution in [0.5, 0.6) is 5.75 Å². The lowest BCUT2D eigenvalue weighted by atomic mass is 9.99. The van der Waals surface area contributed by atoms with Gasteiger partial charge in [0.1, 0.15) is 12.1 Å². The van der Waals surface area contributed by atoms with E-state index in [1.54, 1.807) is 4.90 Å². The molecule has 4 aromatic rings. The molecule has 0 radical (unpaired) electrons. The Kier molecular flexibility index (Phi) is 10.3. The molecule has 13 heteroatoms. The third-order valence-electron chi connectivity index (χ3n) is 6.97. The summed E-state index contributed by atoms with van der Waals surface area (Å²) >= 11 is 6.90. The van der Waals surface area contributed by atoms with E-state index in [0.29, 0.717) is 28.9 Å². The third kappa shape index (κ3) is 8.78. The Morgan fingerprint density at radius 3 is 2.62 bits per heavy atom. The van der Waals surface area contributed by atoms with Crippen LogP contribution < -0.4 is 15.0 Å². The monoisotopic (exact) mass is 676 g/mol.